The first-order chi connectivity index (χ1) is 8.49. The van der Waals surface area contributed by atoms with Gasteiger partial charge in [0.15, 0.2) is 5.76 Å². The molecule has 1 aromatic rings. The monoisotopic (exact) mass is 253 g/mol. The lowest BCUT2D eigenvalue weighted by Crippen LogP contribution is -2.37. The maximum Gasteiger partial charge on any atom is 0.371 e. The number of amides is 1. The molecule has 0 aliphatic heterocycles. The van der Waals surface area contributed by atoms with Crippen molar-refractivity contribution in [3.8, 4) is 0 Å². The number of carboxylic acid groups (broad SMARTS) is 1. The van der Waals surface area contributed by atoms with Gasteiger partial charge in [-0.25, -0.2) is 4.79 Å². The van der Waals surface area contributed by atoms with Crippen LogP contribution in [0.4, 0.5) is 0 Å². The zero-order chi connectivity index (χ0) is 13.7. The van der Waals surface area contributed by atoms with Gasteiger partial charge in [-0.2, -0.15) is 0 Å². The Kier molecular flexibility index (Phi) is 4.95. The van der Waals surface area contributed by atoms with Crippen LogP contribution in [0.5, 0.6) is 0 Å². The Balaban J connectivity index is 2.67. The first-order valence-electron chi connectivity index (χ1n) is 6.13. The second-order valence-electron chi connectivity index (χ2n) is 4.31. The second-order valence-corrected chi connectivity index (χ2v) is 4.31. The number of aromatic carboxylic acids is 1. The van der Waals surface area contributed by atoms with Crippen LogP contribution in [0.2, 0.25) is 0 Å². The number of hydrogen-bond acceptors (Lipinski definition) is 3. The van der Waals surface area contributed by atoms with Gasteiger partial charge in [0, 0.05) is 6.04 Å². The molecule has 1 unspecified atom stereocenters. The quantitative estimate of drug-likeness (QED) is 0.816. The number of hydrogen-bond donors (Lipinski definition) is 2. The van der Waals surface area contributed by atoms with E-state index in [1.54, 1.807) is 0 Å². The Bertz CT molecular complexity index is 420. The fourth-order valence-electron chi connectivity index (χ4n) is 1.97. The minimum Gasteiger partial charge on any atom is -0.475 e. The Labute approximate surface area is 106 Å². The first-order valence-corrected chi connectivity index (χ1v) is 6.13. The summed E-state index contributed by atoms with van der Waals surface area (Å²) in [5.41, 5.74) is 0. The van der Waals surface area contributed by atoms with Gasteiger partial charge >= 0.3 is 5.97 Å². The minimum atomic E-state index is -1.18. The molecule has 0 saturated heterocycles. The van der Waals surface area contributed by atoms with Crippen LogP contribution in [0.3, 0.4) is 0 Å². The summed E-state index contributed by atoms with van der Waals surface area (Å²) >= 11 is 0. The van der Waals surface area contributed by atoms with Crippen LogP contribution in [-0.2, 0) is 0 Å². The van der Waals surface area contributed by atoms with Crippen LogP contribution < -0.4 is 5.32 Å². The highest BCUT2D eigenvalue weighted by molar-refractivity contribution is 5.93. The molecule has 0 saturated carbocycles. The SMILES string of the molecule is CCC(CC)C(C)NC(=O)c1ccc(C(=O)O)o1. The van der Waals surface area contributed by atoms with Crippen molar-refractivity contribution in [2.24, 2.45) is 5.92 Å². The molecule has 1 heterocycles. The standard InChI is InChI=1S/C13H19NO4/c1-4-9(5-2)8(3)14-12(15)10-6-7-11(18-10)13(16)17/h6-9H,4-5H2,1-3H3,(H,14,15)(H,16,17). The molecule has 0 aliphatic carbocycles. The maximum atomic E-state index is 11.8. The van der Waals surface area contributed by atoms with Crippen molar-refractivity contribution >= 4 is 11.9 Å². The Morgan fingerprint density at radius 1 is 1.28 bits per heavy atom. The smallest absolute Gasteiger partial charge is 0.371 e. The number of carbonyl (C=O) groups excluding carboxylic acids is 1. The van der Waals surface area contributed by atoms with Gasteiger partial charge in [0.2, 0.25) is 5.76 Å². The van der Waals surface area contributed by atoms with Crippen LogP contribution in [0, 0.1) is 5.92 Å². The molecular weight excluding hydrogens is 234 g/mol. The van der Waals surface area contributed by atoms with Crippen molar-refractivity contribution in [2.45, 2.75) is 39.7 Å². The molecule has 18 heavy (non-hydrogen) atoms. The molecule has 0 aromatic carbocycles. The van der Waals surface area contributed by atoms with Gasteiger partial charge in [-0.3, -0.25) is 4.79 Å². The van der Waals surface area contributed by atoms with Crippen LogP contribution in [-0.4, -0.2) is 23.0 Å². The summed E-state index contributed by atoms with van der Waals surface area (Å²) < 4.78 is 4.94. The highest BCUT2D eigenvalue weighted by atomic mass is 16.4. The Hall–Kier alpha value is -1.78. The van der Waals surface area contributed by atoms with E-state index in [9.17, 15) is 9.59 Å². The van der Waals surface area contributed by atoms with Crippen molar-refractivity contribution in [1.82, 2.24) is 5.32 Å². The molecule has 5 nitrogen and oxygen atoms in total. The molecule has 0 spiro atoms. The molecule has 1 rings (SSSR count). The Morgan fingerprint density at radius 3 is 2.28 bits per heavy atom. The molecule has 0 radical (unpaired) electrons. The van der Waals surface area contributed by atoms with Crippen LogP contribution in [0.25, 0.3) is 0 Å². The lowest BCUT2D eigenvalue weighted by molar-refractivity contribution is 0.0659. The predicted octanol–water partition coefficient (Wildman–Crippen LogP) is 2.53. The normalized spacial score (nSPS) is 12.4. The maximum absolute atomic E-state index is 11.8. The van der Waals surface area contributed by atoms with Gasteiger partial charge in [0.05, 0.1) is 0 Å². The van der Waals surface area contributed by atoms with Crippen molar-refractivity contribution < 1.29 is 19.1 Å². The topological polar surface area (TPSA) is 79.5 Å². The zero-order valence-corrected chi connectivity index (χ0v) is 10.9. The van der Waals surface area contributed by atoms with Crippen molar-refractivity contribution in [3.05, 3.63) is 23.7 Å². The van der Waals surface area contributed by atoms with E-state index in [2.05, 4.69) is 19.2 Å². The van der Waals surface area contributed by atoms with Crippen molar-refractivity contribution in [2.75, 3.05) is 0 Å². The van der Waals surface area contributed by atoms with Crippen LogP contribution >= 0.6 is 0 Å². The molecule has 1 aromatic heterocycles. The molecule has 1 amide bonds. The van der Waals surface area contributed by atoms with Gasteiger partial charge in [0.25, 0.3) is 5.91 Å². The summed E-state index contributed by atoms with van der Waals surface area (Å²) in [6, 6.07) is 2.68. The number of rotatable bonds is 6. The summed E-state index contributed by atoms with van der Waals surface area (Å²) in [4.78, 5) is 22.5. The average Bonchev–Trinajstić information content (AvgIpc) is 2.79. The predicted molar refractivity (Wildman–Crippen MR) is 66.7 cm³/mol. The fourth-order valence-corrected chi connectivity index (χ4v) is 1.97. The molecule has 1 atom stereocenters. The number of carbonyl (C=O) groups is 2. The van der Waals surface area contributed by atoms with E-state index in [0.29, 0.717) is 5.92 Å². The summed E-state index contributed by atoms with van der Waals surface area (Å²) in [5, 5.41) is 11.5. The molecule has 2 N–H and O–H groups in total. The molecule has 0 aliphatic rings. The van der Waals surface area contributed by atoms with E-state index >= 15 is 0 Å². The fraction of sp³-hybridized carbons (Fsp3) is 0.538. The van der Waals surface area contributed by atoms with E-state index < -0.39 is 5.97 Å². The Morgan fingerprint density at radius 2 is 1.83 bits per heavy atom. The van der Waals surface area contributed by atoms with Gasteiger partial charge in [0.1, 0.15) is 0 Å². The van der Waals surface area contributed by atoms with Crippen LogP contribution in [0.15, 0.2) is 16.5 Å². The van der Waals surface area contributed by atoms with E-state index in [1.165, 1.54) is 12.1 Å². The van der Waals surface area contributed by atoms with E-state index in [0.717, 1.165) is 12.8 Å². The highest BCUT2D eigenvalue weighted by Gasteiger charge is 2.19. The third kappa shape index (κ3) is 3.35. The van der Waals surface area contributed by atoms with Crippen molar-refractivity contribution in [1.29, 1.82) is 0 Å². The number of nitrogens with one attached hydrogen (secondary N) is 1. The van der Waals surface area contributed by atoms with Gasteiger partial charge in [-0.15, -0.1) is 0 Å². The third-order valence-electron chi connectivity index (χ3n) is 3.16. The summed E-state index contributed by atoms with van der Waals surface area (Å²) in [6.07, 6.45) is 1.97. The van der Waals surface area contributed by atoms with E-state index in [-0.39, 0.29) is 23.5 Å². The van der Waals surface area contributed by atoms with E-state index in [1.807, 2.05) is 6.92 Å². The third-order valence-corrected chi connectivity index (χ3v) is 3.16. The zero-order valence-electron chi connectivity index (χ0n) is 10.9. The van der Waals surface area contributed by atoms with Crippen LogP contribution in [0.1, 0.15) is 54.7 Å². The van der Waals surface area contributed by atoms with Gasteiger partial charge < -0.3 is 14.8 Å². The average molecular weight is 253 g/mol. The first kappa shape index (κ1) is 14.3. The lowest BCUT2D eigenvalue weighted by Gasteiger charge is -2.21. The molecule has 100 valence electrons. The largest absolute Gasteiger partial charge is 0.475 e. The molecule has 0 fully saturated rings. The molecule has 0 bridgehead atoms. The number of carboxylic acids is 1. The summed E-state index contributed by atoms with van der Waals surface area (Å²) in [5.74, 6) is -1.34. The van der Waals surface area contributed by atoms with Crippen molar-refractivity contribution in [3.63, 3.8) is 0 Å². The van der Waals surface area contributed by atoms with Gasteiger partial charge in [-0.1, -0.05) is 26.7 Å². The summed E-state index contributed by atoms with van der Waals surface area (Å²) in [6.45, 7) is 6.09. The lowest BCUT2D eigenvalue weighted by atomic mass is 9.95. The minimum absolute atomic E-state index is 0.0326. The van der Waals surface area contributed by atoms with E-state index in [4.69, 9.17) is 9.52 Å². The molecular formula is C13H19NO4. The second kappa shape index (κ2) is 6.23. The molecule has 5 heteroatoms. The number of furan rings is 1. The highest BCUT2D eigenvalue weighted by Crippen LogP contribution is 2.14. The summed E-state index contributed by atoms with van der Waals surface area (Å²) in [7, 11) is 0. The van der Waals surface area contributed by atoms with Gasteiger partial charge in [-0.05, 0) is 25.0 Å².